The zero-order valence-electron chi connectivity index (χ0n) is 7.84. The molecule has 2 N–H and O–H groups in total. The summed E-state index contributed by atoms with van der Waals surface area (Å²) < 4.78 is 40.9. The van der Waals surface area contributed by atoms with E-state index in [9.17, 15) is 18.0 Å². The zero-order valence-corrected chi connectivity index (χ0v) is 7.84. The van der Waals surface area contributed by atoms with Crippen LogP contribution in [0.5, 0.6) is 0 Å². The fourth-order valence-corrected chi connectivity index (χ4v) is 1.23. The van der Waals surface area contributed by atoms with Gasteiger partial charge in [0.1, 0.15) is 6.04 Å². The maximum absolute atomic E-state index is 12.2. The number of carbonyl (C=O) groups excluding carboxylic acids is 1. The summed E-state index contributed by atoms with van der Waals surface area (Å²) in [5.74, 6) is -1.74. The molecule has 0 aliphatic carbocycles. The van der Waals surface area contributed by atoms with E-state index < -0.39 is 18.0 Å². The summed E-state index contributed by atoms with van der Waals surface area (Å²) in [4.78, 5) is 14.0. The van der Waals surface area contributed by atoms with Crippen molar-refractivity contribution in [3.8, 4) is 0 Å². The van der Waals surface area contributed by atoms with Gasteiger partial charge in [-0.2, -0.15) is 18.2 Å². The van der Waals surface area contributed by atoms with Crippen LogP contribution in [-0.4, -0.2) is 29.1 Å². The summed E-state index contributed by atoms with van der Waals surface area (Å²) in [6.07, 6.45) is -4.63. The molecule has 6 nitrogen and oxygen atoms in total. The van der Waals surface area contributed by atoms with Gasteiger partial charge in [0.15, 0.2) is 0 Å². The topological polar surface area (TPSA) is 80.1 Å². The van der Waals surface area contributed by atoms with Gasteiger partial charge in [-0.1, -0.05) is 5.16 Å². The number of amides is 1. The Hall–Kier alpha value is -1.64. The van der Waals surface area contributed by atoms with E-state index in [1.165, 1.54) is 0 Å². The van der Waals surface area contributed by atoms with E-state index in [0.717, 1.165) is 0 Å². The van der Waals surface area contributed by atoms with Gasteiger partial charge in [-0.3, -0.25) is 10.1 Å². The van der Waals surface area contributed by atoms with Gasteiger partial charge in [0.05, 0.1) is 6.54 Å². The van der Waals surface area contributed by atoms with Crippen molar-refractivity contribution in [3.63, 3.8) is 0 Å². The quantitative estimate of drug-likeness (QED) is 0.708. The lowest BCUT2D eigenvalue weighted by Crippen LogP contribution is -2.47. The maximum atomic E-state index is 12.2. The molecule has 1 aromatic heterocycles. The summed E-state index contributed by atoms with van der Waals surface area (Å²) in [5.41, 5.74) is 0. The number of nitrogens with one attached hydrogen (secondary N) is 2. The Balaban J connectivity index is 2.10. The number of hydrogen-bond donors (Lipinski definition) is 2. The van der Waals surface area contributed by atoms with Gasteiger partial charge in [-0.25, -0.2) is 0 Å². The first kappa shape index (κ1) is 10.9. The molecular formula is C7H7F3N4O2. The van der Waals surface area contributed by atoms with Gasteiger partial charge in [0.2, 0.25) is 11.8 Å². The fraction of sp³-hybridized carbons (Fsp3) is 0.571. The third-order valence-electron chi connectivity index (χ3n) is 2.01. The van der Waals surface area contributed by atoms with Crippen LogP contribution >= 0.6 is 0 Å². The molecule has 0 aromatic carbocycles. The van der Waals surface area contributed by atoms with Crippen LogP contribution in [0.3, 0.4) is 0 Å². The van der Waals surface area contributed by atoms with E-state index in [0.29, 0.717) is 0 Å². The van der Waals surface area contributed by atoms with E-state index >= 15 is 0 Å². The SMILES string of the molecule is O=C1CNC(c2nc(C(F)(F)F)no2)CN1. The van der Waals surface area contributed by atoms with Gasteiger partial charge in [-0.15, -0.1) is 0 Å². The minimum absolute atomic E-state index is 0.00833. The van der Waals surface area contributed by atoms with Gasteiger partial charge < -0.3 is 9.84 Å². The Morgan fingerprint density at radius 2 is 2.19 bits per heavy atom. The van der Waals surface area contributed by atoms with Crippen LogP contribution in [-0.2, 0) is 11.0 Å². The first-order valence-corrected chi connectivity index (χ1v) is 4.37. The van der Waals surface area contributed by atoms with Crippen LogP contribution in [0, 0.1) is 0 Å². The summed E-state index contributed by atoms with van der Waals surface area (Å²) in [5, 5.41) is 7.96. The second-order valence-corrected chi connectivity index (χ2v) is 3.19. The van der Waals surface area contributed by atoms with Crippen molar-refractivity contribution in [2.75, 3.05) is 13.1 Å². The monoisotopic (exact) mass is 236 g/mol. The van der Waals surface area contributed by atoms with Gasteiger partial charge >= 0.3 is 6.18 Å². The number of carbonyl (C=O) groups is 1. The average molecular weight is 236 g/mol. The molecule has 1 fully saturated rings. The Morgan fingerprint density at radius 3 is 2.69 bits per heavy atom. The maximum Gasteiger partial charge on any atom is 0.455 e. The van der Waals surface area contributed by atoms with E-state index in [-0.39, 0.29) is 24.9 Å². The second-order valence-electron chi connectivity index (χ2n) is 3.19. The number of hydrogen-bond acceptors (Lipinski definition) is 5. The Bertz CT molecular complexity index is 393. The van der Waals surface area contributed by atoms with Crippen molar-refractivity contribution in [1.29, 1.82) is 0 Å². The third-order valence-corrected chi connectivity index (χ3v) is 2.01. The number of piperazine rings is 1. The largest absolute Gasteiger partial charge is 0.455 e. The highest BCUT2D eigenvalue weighted by Crippen LogP contribution is 2.27. The highest BCUT2D eigenvalue weighted by Gasteiger charge is 2.38. The third kappa shape index (κ3) is 2.13. The van der Waals surface area contributed by atoms with Crippen molar-refractivity contribution in [2.24, 2.45) is 0 Å². The van der Waals surface area contributed by atoms with Crippen molar-refractivity contribution < 1.29 is 22.5 Å². The van der Waals surface area contributed by atoms with Gasteiger partial charge in [0.25, 0.3) is 5.82 Å². The number of alkyl halides is 3. The molecule has 1 unspecified atom stereocenters. The predicted octanol–water partition coefficient (Wildman–Crippen LogP) is -0.151. The zero-order chi connectivity index (χ0) is 11.8. The molecule has 1 atom stereocenters. The average Bonchev–Trinajstić information content (AvgIpc) is 2.67. The van der Waals surface area contributed by atoms with Crippen LogP contribution < -0.4 is 10.6 Å². The Morgan fingerprint density at radius 1 is 1.44 bits per heavy atom. The molecule has 2 rings (SSSR count). The lowest BCUT2D eigenvalue weighted by Gasteiger charge is -2.20. The first-order chi connectivity index (χ1) is 7.47. The van der Waals surface area contributed by atoms with Crippen molar-refractivity contribution in [2.45, 2.75) is 12.2 Å². The molecule has 0 saturated carbocycles. The van der Waals surface area contributed by atoms with Crippen LogP contribution in [0.15, 0.2) is 4.52 Å². The van der Waals surface area contributed by atoms with Crippen LogP contribution in [0.1, 0.15) is 17.8 Å². The molecule has 88 valence electrons. The van der Waals surface area contributed by atoms with Crippen LogP contribution in [0.4, 0.5) is 13.2 Å². The molecule has 9 heteroatoms. The number of nitrogens with zero attached hydrogens (tertiary/aromatic N) is 2. The van der Waals surface area contributed by atoms with E-state index in [1.54, 1.807) is 0 Å². The fourth-order valence-electron chi connectivity index (χ4n) is 1.23. The number of aromatic nitrogens is 2. The van der Waals surface area contributed by atoms with Crippen LogP contribution in [0.25, 0.3) is 0 Å². The van der Waals surface area contributed by atoms with Crippen molar-refractivity contribution in [3.05, 3.63) is 11.7 Å². The summed E-state index contributed by atoms with van der Waals surface area (Å²) in [6, 6.07) is -0.582. The predicted molar refractivity (Wildman–Crippen MR) is 43.1 cm³/mol. The lowest BCUT2D eigenvalue weighted by molar-refractivity contribution is -0.146. The van der Waals surface area contributed by atoms with Crippen LogP contribution in [0.2, 0.25) is 0 Å². The highest BCUT2D eigenvalue weighted by atomic mass is 19.4. The molecule has 0 spiro atoms. The molecule has 1 saturated heterocycles. The van der Waals surface area contributed by atoms with E-state index in [2.05, 4.69) is 25.3 Å². The molecule has 2 heterocycles. The van der Waals surface area contributed by atoms with E-state index in [1.807, 2.05) is 0 Å². The molecule has 1 aromatic rings. The molecule has 1 aliphatic rings. The highest BCUT2D eigenvalue weighted by molar-refractivity contribution is 5.78. The normalized spacial score (nSPS) is 21.9. The van der Waals surface area contributed by atoms with Crippen molar-refractivity contribution in [1.82, 2.24) is 20.8 Å². The summed E-state index contributed by atoms with van der Waals surface area (Å²) in [6.45, 7) is 0.132. The summed E-state index contributed by atoms with van der Waals surface area (Å²) >= 11 is 0. The second kappa shape index (κ2) is 3.74. The minimum atomic E-state index is -4.63. The van der Waals surface area contributed by atoms with E-state index in [4.69, 9.17) is 0 Å². The molecular weight excluding hydrogens is 229 g/mol. The Kier molecular flexibility index (Phi) is 2.54. The standard InChI is InChI=1S/C7H7F3N4O2/c8-7(9,10)6-13-5(16-14-6)3-1-12-4(15)2-11-3/h3,11H,1-2H2,(H,12,15). The molecule has 0 bridgehead atoms. The first-order valence-electron chi connectivity index (χ1n) is 4.37. The van der Waals surface area contributed by atoms with Gasteiger partial charge in [0, 0.05) is 6.54 Å². The molecule has 16 heavy (non-hydrogen) atoms. The Labute approximate surface area is 87.2 Å². The lowest BCUT2D eigenvalue weighted by atomic mass is 10.2. The molecule has 0 radical (unpaired) electrons. The van der Waals surface area contributed by atoms with Crippen molar-refractivity contribution >= 4 is 5.91 Å². The summed E-state index contributed by atoms with van der Waals surface area (Å²) in [7, 11) is 0. The smallest absolute Gasteiger partial charge is 0.353 e. The molecule has 1 amide bonds. The number of rotatable bonds is 1. The minimum Gasteiger partial charge on any atom is -0.353 e. The van der Waals surface area contributed by atoms with Gasteiger partial charge in [-0.05, 0) is 0 Å². The molecule has 1 aliphatic heterocycles. The number of halogens is 3.